The fourth-order valence-corrected chi connectivity index (χ4v) is 2.97. The lowest BCUT2D eigenvalue weighted by Crippen LogP contribution is -2.37. The first-order valence-electron chi connectivity index (χ1n) is 7.19. The lowest BCUT2D eigenvalue weighted by atomic mass is 10.0. The molecule has 2 rings (SSSR count). The molecule has 1 aliphatic heterocycles. The van der Waals surface area contributed by atoms with Crippen LogP contribution in [-0.4, -0.2) is 31.1 Å². The van der Waals surface area contributed by atoms with Gasteiger partial charge in [-0.05, 0) is 51.1 Å². The van der Waals surface area contributed by atoms with Gasteiger partial charge in [-0.15, -0.1) is 0 Å². The number of hydrogen-bond donors (Lipinski definition) is 1. The van der Waals surface area contributed by atoms with E-state index in [4.69, 9.17) is 11.6 Å². The molecule has 0 bridgehead atoms. The third kappa shape index (κ3) is 4.51. The topological polar surface area (TPSA) is 15.3 Å². The van der Waals surface area contributed by atoms with Crippen LogP contribution in [0.15, 0.2) is 18.2 Å². The van der Waals surface area contributed by atoms with E-state index in [2.05, 4.69) is 17.3 Å². The minimum Gasteiger partial charge on any atom is -0.385 e. The Morgan fingerprint density at radius 2 is 2.10 bits per heavy atom. The van der Waals surface area contributed by atoms with Crippen molar-refractivity contribution in [2.75, 3.05) is 25.5 Å². The molecule has 118 valence electrons. The molecule has 6 heteroatoms. The summed E-state index contributed by atoms with van der Waals surface area (Å²) in [6, 6.07) is 4.47. The van der Waals surface area contributed by atoms with Gasteiger partial charge in [0.1, 0.15) is 0 Å². The van der Waals surface area contributed by atoms with Gasteiger partial charge in [0.25, 0.3) is 0 Å². The lowest BCUT2D eigenvalue weighted by Gasteiger charge is -2.32. The first-order valence-corrected chi connectivity index (χ1v) is 7.56. The quantitative estimate of drug-likeness (QED) is 0.869. The molecular weight excluding hydrogens is 301 g/mol. The maximum Gasteiger partial charge on any atom is 0.417 e. The number of likely N-dealkylation sites (tertiary alicyclic amines) is 1. The zero-order valence-electron chi connectivity index (χ0n) is 12.0. The minimum atomic E-state index is -4.42. The monoisotopic (exact) mass is 320 g/mol. The van der Waals surface area contributed by atoms with Crippen molar-refractivity contribution in [3.63, 3.8) is 0 Å². The van der Waals surface area contributed by atoms with Gasteiger partial charge in [0.15, 0.2) is 0 Å². The van der Waals surface area contributed by atoms with Crippen LogP contribution in [0.1, 0.15) is 31.2 Å². The first-order chi connectivity index (χ1) is 9.88. The van der Waals surface area contributed by atoms with Crippen molar-refractivity contribution in [1.82, 2.24) is 4.90 Å². The van der Waals surface area contributed by atoms with Gasteiger partial charge >= 0.3 is 6.18 Å². The number of hydrogen-bond acceptors (Lipinski definition) is 2. The largest absolute Gasteiger partial charge is 0.417 e. The van der Waals surface area contributed by atoms with Gasteiger partial charge in [-0.3, -0.25) is 0 Å². The standard InChI is InChI=1S/C15H20ClF3N2/c1-21-9-3-2-4-12(21)7-8-20-11-5-6-14(16)13(10-11)15(17,18)19/h5-6,10,12,20H,2-4,7-9H2,1H3. The Morgan fingerprint density at radius 3 is 2.76 bits per heavy atom. The molecule has 0 amide bonds. The number of piperidine rings is 1. The van der Waals surface area contributed by atoms with Gasteiger partial charge in [-0.25, -0.2) is 0 Å². The summed E-state index contributed by atoms with van der Waals surface area (Å²) in [6.07, 6.45) is 0.131. The Balaban J connectivity index is 1.91. The van der Waals surface area contributed by atoms with E-state index in [1.807, 2.05) is 0 Å². The summed E-state index contributed by atoms with van der Waals surface area (Å²) in [6.45, 7) is 1.76. The maximum atomic E-state index is 12.8. The van der Waals surface area contributed by atoms with E-state index in [0.717, 1.165) is 25.5 Å². The smallest absolute Gasteiger partial charge is 0.385 e. The van der Waals surface area contributed by atoms with Crippen molar-refractivity contribution in [3.05, 3.63) is 28.8 Å². The van der Waals surface area contributed by atoms with Crippen molar-refractivity contribution in [2.45, 2.75) is 37.9 Å². The molecule has 1 aromatic rings. The third-order valence-electron chi connectivity index (χ3n) is 4.00. The average molecular weight is 321 g/mol. The Hall–Kier alpha value is -0.940. The molecule has 21 heavy (non-hydrogen) atoms. The molecule has 2 nitrogen and oxygen atoms in total. The molecule has 0 aromatic heterocycles. The Labute approximate surface area is 128 Å². The molecular formula is C15H20ClF3N2. The van der Waals surface area contributed by atoms with Gasteiger partial charge < -0.3 is 10.2 Å². The van der Waals surface area contributed by atoms with Crippen LogP contribution in [0.3, 0.4) is 0 Å². The number of nitrogens with zero attached hydrogens (tertiary/aromatic N) is 1. The fourth-order valence-electron chi connectivity index (χ4n) is 2.74. The molecule has 0 radical (unpaired) electrons. The van der Waals surface area contributed by atoms with Gasteiger partial charge in [0.2, 0.25) is 0 Å². The lowest BCUT2D eigenvalue weighted by molar-refractivity contribution is -0.137. The van der Waals surface area contributed by atoms with Crippen LogP contribution in [-0.2, 0) is 6.18 Å². The molecule has 1 saturated heterocycles. The van der Waals surface area contributed by atoms with Gasteiger partial charge in [0.05, 0.1) is 10.6 Å². The molecule has 1 fully saturated rings. The molecule has 1 N–H and O–H groups in total. The second kappa shape index (κ2) is 6.88. The van der Waals surface area contributed by atoms with Crippen LogP contribution < -0.4 is 5.32 Å². The van der Waals surface area contributed by atoms with E-state index < -0.39 is 11.7 Å². The van der Waals surface area contributed by atoms with Crippen molar-refractivity contribution >= 4 is 17.3 Å². The molecule has 1 atom stereocenters. The van der Waals surface area contributed by atoms with E-state index in [1.165, 1.54) is 18.9 Å². The molecule has 1 aliphatic rings. The summed E-state index contributed by atoms with van der Waals surface area (Å²) in [5, 5.41) is 2.80. The predicted octanol–water partition coefficient (Wildman–Crippen LogP) is 4.65. The van der Waals surface area contributed by atoms with E-state index in [0.29, 0.717) is 18.3 Å². The number of alkyl halides is 3. The van der Waals surface area contributed by atoms with Gasteiger partial charge in [0, 0.05) is 18.3 Å². The van der Waals surface area contributed by atoms with Crippen molar-refractivity contribution in [2.24, 2.45) is 0 Å². The van der Waals surface area contributed by atoms with Crippen LogP contribution in [0.5, 0.6) is 0 Å². The highest BCUT2D eigenvalue weighted by atomic mass is 35.5. The zero-order valence-corrected chi connectivity index (χ0v) is 12.8. The van der Waals surface area contributed by atoms with Crippen LogP contribution in [0.2, 0.25) is 5.02 Å². The van der Waals surface area contributed by atoms with Crippen molar-refractivity contribution < 1.29 is 13.2 Å². The van der Waals surface area contributed by atoms with E-state index >= 15 is 0 Å². The molecule has 1 heterocycles. The van der Waals surface area contributed by atoms with Crippen LogP contribution in [0.25, 0.3) is 0 Å². The van der Waals surface area contributed by atoms with Crippen LogP contribution in [0.4, 0.5) is 18.9 Å². The van der Waals surface area contributed by atoms with E-state index in [9.17, 15) is 13.2 Å². The SMILES string of the molecule is CN1CCCCC1CCNc1ccc(Cl)c(C(F)(F)F)c1. The number of halogens is 4. The molecule has 0 saturated carbocycles. The second-order valence-electron chi connectivity index (χ2n) is 5.54. The van der Waals surface area contributed by atoms with E-state index in [-0.39, 0.29) is 5.02 Å². The first kappa shape index (κ1) is 16.4. The Bertz CT molecular complexity index is 476. The predicted molar refractivity (Wildman–Crippen MR) is 79.8 cm³/mol. The summed E-state index contributed by atoms with van der Waals surface area (Å²) >= 11 is 5.60. The normalized spacial score (nSPS) is 20.5. The Morgan fingerprint density at radius 1 is 1.33 bits per heavy atom. The van der Waals surface area contributed by atoms with E-state index in [1.54, 1.807) is 6.07 Å². The number of nitrogens with one attached hydrogen (secondary N) is 1. The second-order valence-corrected chi connectivity index (χ2v) is 5.95. The number of benzene rings is 1. The van der Waals surface area contributed by atoms with Crippen LogP contribution in [0, 0.1) is 0 Å². The average Bonchev–Trinajstić information content (AvgIpc) is 2.41. The summed E-state index contributed by atoms with van der Waals surface area (Å²) in [7, 11) is 2.11. The third-order valence-corrected chi connectivity index (χ3v) is 4.33. The maximum absolute atomic E-state index is 12.8. The summed E-state index contributed by atoms with van der Waals surface area (Å²) < 4.78 is 38.3. The summed E-state index contributed by atoms with van der Waals surface area (Å²) in [5.74, 6) is 0. The van der Waals surface area contributed by atoms with Crippen LogP contribution >= 0.6 is 11.6 Å². The zero-order chi connectivity index (χ0) is 15.5. The van der Waals surface area contributed by atoms with Gasteiger partial charge in [-0.2, -0.15) is 13.2 Å². The van der Waals surface area contributed by atoms with Gasteiger partial charge in [-0.1, -0.05) is 18.0 Å². The highest BCUT2D eigenvalue weighted by molar-refractivity contribution is 6.31. The highest BCUT2D eigenvalue weighted by Gasteiger charge is 2.33. The number of anilines is 1. The number of rotatable bonds is 4. The highest BCUT2D eigenvalue weighted by Crippen LogP contribution is 2.36. The molecule has 1 unspecified atom stereocenters. The fraction of sp³-hybridized carbons (Fsp3) is 0.600. The molecule has 0 spiro atoms. The summed E-state index contributed by atoms with van der Waals surface area (Å²) in [4.78, 5) is 2.33. The van der Waals surface area contributed by atoms with Crippen molar-refractivity contribution in [1.29, 1.82) is 0 Å². The summed E-state index contributed by atoms with van der Waals surface area (Å²) in [5.41, 5.74) is -0.325. The molecule has 0 aliphatic carbocycles. The minimum absolute atomic E-state index is 0.264. The van der Waals surface area contributed by atoms with Crippen molar-refractivity contribution in [3.8, 4) is 0 Å². The Kier molecular flexibility index (Phi) is 5.38. The molecule has 1 aromatic carbocycles.